The van der Waals surface area contributed by atoms with E-state index in [1.54, 1.807) is 17.1 Å². The van der Waals surface area contributed by atoms with Crippen LogP contribution >= 0.6 is 0 Å². The van der Waals surface area contributed by atoms with Crippen molar-refractivity contribution in [2.45, 2.75) is 0 Å². The molecule has 4 heteroatoms. The molecule has 1 rings (SSSR count). The molecule has 0 aliphatic rings. The quantitative estimate of drug-likeness (QED) is 0.628. The SMILES string of the molecule is Cn1cnc(/C=C\C(=O)O)c1. The maximum absolute atomic E-state index is 10.1. The second kappa shape index (κ2) is 3.01. The number of aryl methyl sites for hydroxylation is 1. The molecule has 1 heterocycles. The Labute approximate surface area is 63.8 Å². The van der Waals surface area contributed by atoms with E-state index in [0.717, 1.165) is 6.08 Å². The molecule has 0 saturated heterocycles. The molecule has 1 aromatic rings. The summed E-state index contributed by atoms with van der Waals surface area (Å²) in [7, 11) is 1.82. The summed E-state index contributed by atoms with van der Waals surface area (Å²) in [6.45, 7) is 0. The Kier molecular flexibility index (Phi) is 2.06. The fraction of sp³-hybridized carbons (Fsp3) is 0.143. The van der Waals surface area contributed by atoms with E-state index < -0.39 is 5.97 Å². The van der Waals surface area contributed by atoms with Crippen LogP contribution in [0.4, 0.5) is 0 Å². The van der Waals surface area contributed by atoms with Crippen molar-refractivity contribution >= 4 is 12.0 Å². The van der Waals surface area contributed by atoms with E-state index in [4.69, 9.17) is 5.11 Å². The molecule has 0 aliphatic heterocycles. The Bertz CT molecular complexity index is 288. The van der Waals surface area contributed by atoms with Crippen molar-refractivity contribution in [3.63, 3.8) is 0 Å². The first-order valence-corrected chi connectivity index (χ1v) is 3.07. The monoisotopic (exact) mass is 152 g/mol. The fourth-order valence-electron chi connectivity index (χ4n) is 0.676. The van der Waals surface area contributed by atoms with Crippen LogP contribution < -0.4 is 0 Å². The summed E-state index contributed by atoms with van der Waals surface area (Å²) in [6.07, 6.45) is 5.85. The molecule has 0 unspecified atom stereocenters. The second-order valence-electron chi connectivity index (χ2n) is 2.14. The van der Waals surface area contributed by atoms with Gasteiger partial charge in [-0.3, -0.25) is 0 Å². The number of carbonyl (C=O) groups is 1. The molecule has 0 radical (unpaired) electrons. The maximum Gasteiger partial charge on any atom is 0.328 e. The van der Waals surface area contributed by atoms with Gasteiger partial charge in [0.25, 0.3) is 0 Å². The first-order valence-electron chi connectivity index (χ1n) is 3.07. The summed E-state index contributed by atoms with van der Waals surface area (Å²) in [4.78, 5) is 14.0. The molecule has 11 heavy (non-hydrogen) atoms. The van der Waals surface area contributed by atoms with Crippen molar-refractivity contribution in [1.29, 1.82) is 0 Å². The van der Waals surface area contributed by atoms with Gasteiger partial charge in [0.05, 0.1) is 12.0 Å². The summed E-state index contributed by atoms with van der Waals surface area (Å²) in [6, 6.07) is 0. The lowest BCUT2D eigenvalue weighted by Gasteiger charge is -1.81. The zero-order valence-electron chi connectivity index (χ0n) is 6.06. The van der Waals surface area contributed by atoms with Gasteiger partial charge in [0.2, 0.25) is 0 Å². The Hall–Kier alpha value is -1.58. The van der Waals surface area contributed by atoms with Gasteiger partial charge in [-0.15, -0.1) is 0 Å². The molecule has 0 amide bonds. The van der Waals surface area contributed by atoms with Crippen LogP contribution in [-0.2, 0) is 11.8 Å². The highest BCUT2D eigenvalue weighted by Gasteiger charge is 1.91. The van der Waals surface area contributed by atoms with E-state index in [1.807, 2.05) is 7.05 Å². The Balaban J connectivity index is 2.71. The summed E-state index contributed by atoms with van der Waals surface area (Å²) in [5.41, 5.74) is 0.648. The highest BCUT2D eigenvalue weighted by Crippen LogP contribution is 1.95. The molecule has 1 N–H and O–H groups in total. The molecule has 0 fully saturated rings. The third-order valence-corrected chi connectivity index (χ3v) is 1.12. The second-order valence-corrected chi connectivity index (χ2v) is 2.14. The van der Waals surface area contributed by atoms with Crippen LogP contribution in [0.5, 0.6) is 0 Å². The number of imidazole rings is 1. The number of hydrogen-bond donors (Lipinski definition) is 1. The normalized spacial score (nSPS) is 10.6. The number of aromatic nitrogens is 2. The van der Waals surface area contributed by atoms with Crippen molar-refractivity contribution in [2.24, 2.45) is 7.05 Å². The van der Waals surface area contributed by atoms with Crippen molar-refractivity contribution < 1.29 is 9.90 Å². The van der Waals surface area contributed by atoms with E-state index in [-0.39, 0.29) is 0 Å². The van der Waals surface area contributed by atoms with E-state index >= 15 is 0 Å². The molecule has 0 aromatic carbocycles. The Morgan fingerprint density at radius 1 is 1.82 bits per heavy atom. The van der Waals surface area contributed by atoms with Crippen molar-refractivity contribution in [3.05, 3.63) is 24.3 Å². The molecule has 58 valence electrons. The molecule has 0 spiro atoms. The third kappa shape index (κ3) is 2.25. The van der Waals surface area contributed by atoms with Gasteiger partial charge in [-0.2, -0.15) is 0 Å². The van der Waals surface area contributed by atoms with Crippen molar-refractivity contribution in [1.82, 2.24) is 9.55 Å². The minimum absolute atomic E-state index is 0.648. The number of hydrogen-bond acceptors (Lipinski definition) is 2. The summed E-state index contributed by atoms with van der Waals surface area (Å²) in [5, 5.41) is 8.26. The van der Waals surface area contributed by atoms with Gasteiger partial charge in [-0.05, 0) is 6.08 Å². The van der Waals surface area contributed by atoms with Gasteiger partial charge in [-0.25, -0.2) is 9.78 Å². The van der Waals surface area contributed by atoms with Crippen molar-refractivity contribution in [2.75, 3.05) is 0 Å². The van der Waals surface area contributed by atoms with Crippen LogP contribution in [0.2, 0.25) is 0 Å². The smallest absolute Gasteiger partial charge is 0.328 e. The predicted octanol–water partition coefficient (Wildman–Crippen LogP) is 0.518. The predicted molar refractivity (Wildman–Crippen MR) is 39.9 cm³/mol. The molecule has 1 aromatic heterocycles. The zero-order chi connectivity index (χ0) is 8.27. The van der Waals surface area contributed by atoms with E-state index in [0.29, 0.717) is 5.69 Å². The van der Waals surface area contributed by atoms with Gasteiger partial charge in [0.15, 0.2) is 0 Å². The first-order chi connectivity index (χ1) is 5.18. The third-order valence-electron chi connectivity index (χ3n) is 1.12. The maximum atomic E-state index is 10.1. The highest BCUT2D eigenvalue weighted by molar-refractivity contribution is 5.84. The average molecular weight is 152 g/mol. The molecule has 0 bridgehead atoms. The van der Waals surface area contributed by atoms with Crippen LogP contribution in [0, 0.1) is 0 Å². The zero-order valence-corrected chi connectivity index (χ0v) is 6.06. The largest absolute Gasteiger partial charge is 0.478 e. The minimum atomic E-state index is -0.962. The number of rotatable bonds is 2. The van der Waals surface area contributed by atoms with Crippen molar-refractivity contribution in [3.8, 4) is 0 Å². The van der Waals surface area contributed by atoms with Gasteiger partial charge in [-0.1, -0.05) is 0 Å². The lowest BCUT2D eigenvalue weighted by Crippen LogP contribution is -1.85. The number of nitrogens with zero attached hydrogens (tertiary/aromatic N) is 2. The molecule has 0 atom stereocenters. The standard InChI is InChI=1S/C7H8N2O2/c1-9-4-6(8-5-9)2-3-7(10)11/h2-5H,1H3,(H,10,11)/b3-2-. The van der Waals surface area contributed by atoms with E-state index in [2.05, 4.69) is 4.98 Å². The van der Waals surface area contributed by atoms with Crippen LogP contribution in [-0.4, -0.2) is 20.6 Å². The molecular weight excluding hydrogens is 144 g/mol. The van der Waals surface area contributed by atoms with Gasteiger partial charge in [0, 0.05) is 19.3 Å². The van der Waals surface area contributed by atoms with Gasteiger partial charge >= 0.3 is 5.97 Å². The van der Waals surface area contributed by atoms with Crippen LogP contribution in [0.3, 0.4) is 0 Å². The van der Waals surface area contributed by atoms with Gasteiger partial charge in [0.1, 0.15) is 0 Å². The Morgan fingerprint density at radius 3 is 3.00 bits per heavy atom. The molecular formula is C7H8N2O2. The summed E-state index contributed by atoms with van der Waals surface area (Å²) >= 11 is 0. The first kappa shape index (κ1) is 7.53. The summed E-state index contributed by atoms with van der Waals surface area (Å²) in [5.74, 6) is -0.962. The average Bonchev–Trinajstić information content (AvgIpc) is 2.31. The van der Waals surface area contributed by atoms with Crippen LogP contribution in [0.15, 0.2) is 18.6 Å². The lowest BCUT2D eigenvalue weighted by molar-refractivity contribution is -0.131. The lowest BCUT2D eigenvalue weighted by atomic mass is 10.4. The topological polar surface area (TPSA) is 55.1 Å². The van der Waals surface area contributed by atoms with E-state index in [9.17, 15) is 4.79 Å². The minimum Gasteiger partial charge on any atom is -0.478 e. The fourth-order valence-corrected chi connectivity index (χ4v) is 0.676. The number of carboxylic acid groups (broad SMARTS) is 1. The van der Waals surface area contributed by atoms with Crippen LogP contribution in [0.1, 0.15) is 5.69 Å². The van der Waals surface area contributed by atoms with Gasteiger partial charge < -0.3 is 9.67 Å². The molecule has 0 saturated carbocycles. The highest BCUT2D eigenvalue weighted by atomic mass is 16.4. The molecule has 0 aliphatic carbocycles. The number of aliphatic carboxylic acids is 1. The van der Waals surface area contributed by atoms with Crippen LogP contribution in [0.25, 0.3) is 6.08 Å². The number of carboxylic acids is 1. The molecule has 4 nitrogen and oxygen atoms in total. The summed E-state index contributed by atoms with van der Waals surface area (Å²) < 4.78 is 1.75. The van der Waals surface area contributed by atoms with E-state index in [1.165, 1.54) is 6.08 Å². The Morgan fingerprint density at radius 2 is 2.55 bits per heavy atom.